The number of amidine groups is 1. The summed E-state index contributed by atoms with van der Waals surface area (Å²) in [6, 6.07) is 3.77. The Morgan fingerprint density at radius 3 is 2.22 bits per heavy atom. The van der Waals surface area contributed by atoms with Crippen LogP contribution in [0.3, 0.4) is 0 Å². The van der Waals surface area contributed by atoms with E-state index in [1.807, 2.05) is 99.6 Å². The summed E-state index contributed by atoms with van der Waals surface area (Å²) in [5.41, 5.74) is -0.746. The minimum atomic E-state index is -1.14. The Kier molecular flexibility index (Phi) is 17.9. The van der Waals surface area contributed by atoms with Gasteiger partial charge in [0, 0.05) is 49.7 Å². The summed E-state index contributed by atoms with van der Waals surface area (Å²) in [4.78, 5) is 107. The van der Waals surface area contributed by atoms with Gasteiger partial charge in [0.25, 0.3) is 0 Å². The molecule has 0 bridgehead atoms. The molecule has 0 spiro atoms. The summed E-state index contributed by atoms with van der Waals surface area (Å²) in [6.45, 7) is 20.5. The molecule has 2 aliphatic heterocycles. The first-order chi connectivity index (χ1) is 29.5. The average molecular weight is 910 g/mol. The van der Waals surface area contributed by atoms with Gasteiger partial charge in [-0.15, -0.1) is 11.3 Å². The Morgan fingerprint density at radius 2 is 1.63 bits per heavy atom. The fourth-order valence-electron chi connectivity index (χ4n) is 7.70. The molecule has 4 rings (SSSR count). The van der Waals surface area contributed by atoms with Crippen molar-refractivity contribution < 1.29 is 33.6 Å². The van der Waals surface area contributed by atoms with E-state index in [9.17, 15) is 33.6 Å². The molecule has 18 heteroatoms. The number of fused-ring (bicyclic) bond motifs is 1. The Bertz CT molecular complexity index is 1960. The Labute approximate surface area is 380 Å². The molecule has 2 aliphatic rings. The zero-order chi connectivity index (χ0) is 46.8. The molecule has 16 nitrogen and oxygen atoms in total. The van der Waals surface area contributed by atoms with Gasteiger partial charge in [-0.2, -0.15) is 0 Å². The lowest BCUT2D eigenvalue weighted by atomic mass is 9.82. The number of aromatic nitrogens is 1. The molecule has 1 aromatic heterocycles. The summed E-state index contributed by atoms with van der Waals surface area (Å²) in [5, 5.41) is 20.2. The molecular formula is C45H67N9O7S2. The number of carbonyl (C=O) groups excluding carboxylic acids is 7. The van der Waals surface area contributed by atoms with E-state index in [4.69, 9.17) is 4.99 Å². The Balaban J connectivity index is 1.72. The van der Waals surface area contributed by atoms with E-state index in [0.29, 0.717) is 30.3 Å². The highest BCUT2D eigenvalue weighted by Crippen LogP contribution is 2.29. The minimum absolute atomic E-state index is 0.0760. The van der Waals surface area contributed by atoms with Gasteiger partial charge >= 0.3 is 0 Å². The van der Waals surface area contributed by atoms with Crippen molar-refractivity contribution in [1.29, 1.82) is 0 Å². The van der Waals surface area contributed by atoms with Gasteiger partial charge in [0.05, 0.1) is 12.1 Å². The Hall–Kier alpha value is -4.84. The number of carbonyl (C=O) groups is 7. The number of nitrogens with zero attached hydrogens (tertiary/aromatic N) is 3. The first kappa shape index (κ1) is 50.8. The van der Waals surface area contributed by atoms with Crippen molar-refractivity contribution >= 4 is 69.5 Å². The van der Waals surface area contributed by atoms with Crippen molar-refractivity contribution in [2.45, 2.75) is 131 Å². The Morgan fingerprint density at radius 1 is 0.952 bits per heavy atom. The number of amides is 6. The van der Waals surface area contributed by atoms with Crippen LogP contribution < -0.4 is 31.9 Å². The van der Waals surface area contributed by atoms with Crippen molar-refractivity contribution in [3.63, 3.8) is 0 Å². The second-order valence-corrected chi connectivity index (χ2v) is 21.1. The fraction of sp³-hybridized carbons (Fsp3) is 0.622. The molecule has 63 heavy (non-hydrogen) atoms. The largest absolute Gasteiger partial charge is 0.360 e. The van der Waals surface area contributed by atoms with Gasteiger partial charge < -0.3 is 36.8 Å². The highest BCUT2D eigenvalue weighted by Gasteiger charge is 2.44. The van der Waals surface area contributed by atoms with Gasteiger partial charge in [-0.25, -0.2) is 4.98 Å². The van der Waals surface area contributed by atoms with Crippen LogP contribution in [0.2, 0.25) is 0 Å². The molecule has 8 atom stereocenters. The van der Waals surface area contributed by atoms with Crippen LogP contribution in [0.25, 0.3) is 0 Å². The van der Waals surface area contributed by atoms with Crippen molar-refractivity contribution in [2.75, 3.05) is 25.4 Å². The number of nitrogens with one attached hydrogen (secondary N) is 6. The van der Waals surface area contributed by atoms with Gasteiger partial charge in [-0.05, 0) is 34.7 Å². The van der Waals surface area contributed by atoms with Crippen molar-refractivity contribution in [2.24, 2.45) is 27.7 Å². The molecule has 0 saturated carbocycles. The third kappa shape index (κ3) is 14.1. The molecule has 3 unspecified atom stereocenters. The number of hydrogen-bond acceptors (Lipinski definition) is 12. The summed E-state index contributed by atoms with van der Waals surface area (Å²) in [6.07, 6.45) is 2.13. The highest BCUT2D eigenvalue weighted by molar-refractivity contribution is 8.13. The summed E-state index contributed by atoms with van der Waals surface area (Å²) < 4.78 is 0. The maximum absolute atomic E-state index is 14.9. The third-order valence-corrected chi connectivity index (χ3v) is 13.1. The number of rotatable bonds is 14. The predicted molar refractivity (Wildman–Crippen MR) is 247 cm³/mol. The molecule has 1 aromatic carbocycles. The quantitative estimate of drug-likeness (QED) is 0.151. The maximum atomic E-state index is 14.9. The molecule has 6 amide bonds. The summed E-state index contributed by atoms with van der Waals surface area (Å²) >= 11 is 2.34. The van der Waals surface area contributed by atoms with Crippen LogP contribution in [0.15, 0.2) is 46.9 Å². The van der Waals surface area contributed by atoms with E-state index in [0.717, 1.165) is 17.3 Å². The highest BCUT2D eigenvalue weighted by atomic mass is 32.2. The third-order valence-electron chi connectivity index (χ3n) is 11.3. The van der Waals surface area contributed by atoms with E-state index in [1.165, 1.54) is 23.2 Å². The minimum Gasteiger partial charge on any atom is -0.360 e. The average Bonchev–Trinajstić information content (AvgIpc) is 3.88. The van der Waals surface area contributed by atoms with Crippen LogP contribution in [-0.2, 0) is 33.6 Å². The van der Waals surface area contributed by atoms with Gasteiger partial charge in [0.15, 0.2) is 5.12 Å². The molecule has 1 saturated heterocycles. The number of thioether (sulfide) groups is 1. The molecular weight excluding hydrogens is 843 g/mol. The van der Waals surface area contributed by atoms with Crippen LogP contribution in [0.4, 0.5) is 0 Å². The van der Waals surface area contributed by atoms with E-state index in [-0.39, 0.29) is 53.5 Å². The lowest BCUT2D eigenvalue weighted by Gasteiger charge is -2.39. The molecule has 0 radical (unpaired) electrons. The first-order valence-corrected chi connectivity index (χ1v) is 23.5. The molecule has 6 N–H and O–H groups in total. The zero-order valence-corrected chi connectivity index (χ0v) is 40.1. The SMILES string of the molecule is CC(=O)NCCSC(=O)C[C@@H](NC(=O)C(NC(=O)C(NC1=NCC(=O)N2CC[C@@H](C)[C@H]2C(=O)N[C@@H](C(C)C)C(=O)NC1C(C)(C)C)C(C)(C)C)[C@@H](C)c1ccccc1)c1nccs1. The monoisotopic (exact) mass is 909 g/mol. The molecule has 3 heterocycles. The number of hydrogen-bond donors (Lipinski definition) is 6. The topological polar surface area (TPSA) is 220 Å². The van der Waals surface area contributed by atoms with E-state index < -0.39 is 70.7 Å². The standard InChI is InChI=1S/C45H67N9O7S2/c1-25(2)33-39(58)53-36(44(6,7)8)38(48-24-31(56)54-20-17-26(3)35(54)41(60)50-33)52-37(45(9,10)11)42(61)51-34(27(4)29-15-13-12-14-16-29)40(59)49-30(43-47-19-22-63-43)23-32(57)62-21-18-46-28(5)55/h12-16,19,22,25-27,30,33-37H,17-18,20-21,23-24H2,1-11H3,(H,46,55)(H,48,52)(H,49,59)(H,50,60)(H,51,61)(H,53,58)/t26-,27+,30-,33+,34?,35+,36?,37?/m1/s1. The van der Waals surface area contributed by atoms with Gasteiger partial charge in [0.2, 0.25) is 35.4 Å². The summed E-state index contributed by atoms with van der Waals surface area (Å²) in [7, 11) is 0. The second kappa shape index (κ2) is 22.2. The van der Waals surface area contributed by atoms with E-state index in [1.54, 1.807) is 11.6 Å². The van der Waals surface area contributed by atoms with Gasteiger partial charge in [-0.3, -0.25) is 38.6 Å². The molecule has 346 valence electrons. The van der Waals surface area contributed by atoms with Crippen molar-refractivity contribution in [3.05, 3.63) is 52.5 Å². The number of thiazole rings is 1. The first-order valence-electron chi connectivity index (χ1n) is 21.7. The number of aliphatic imine (C=N–C) groups is 1. The fourth-order valence-corrected chi connectivity index (χ4v) is 9.11. The lowest BCUT2D eigenvalue weighted by Crippen LogP contribution is -2.65. The smallest absolute Gasteiger partial charge is 0.244 e. The van der Waals surface area contributed by atoms with Crippen LogP contribution in [0.5, 0.6) is 0 Å². The van der Waals surface area contributed by atoms with E-state index >= 15 is 0 Å². The normalized spacial score (nSPS) is 21.9. The maximum Gasteiger partial charge on any atom is 0.244 e. The predicted octanol–water partition coefficient (Wildman–Crippen LogP) is 3.70. The molecule has 2 aromatic rings. The molecule has 0 aliphatic carbocycles. The van der Waals surface area contributed by atoms with Crippen LogP contribution in [-0.4, -0.2) is 112 Å². The van der Waals surface area contributed by atoms with Crippen molar-refractivity contribution in [1.82, 2.24) is 41.8 Å². The lowest BCUT2D eigenvalue weighted by molar-refractivity contribution is -0.140. The zero-order valence-electron chi connectivity index (χ0n) is 38.5. The van der Waals surface area contributed by atoms with E-state index in [2.05, 4.69) is 36.9 Å². The van der Waals surface area contributed by atoms with Crippen LogP contribution in [0, 0.1) is 22.7 Å². The van der Waals surface area contributed by atoms with Crippen LogP contribution in [0.1, 0.15) is 112 Å². The van der Waals surface area contributed by atoms with Gasteiger partial charge in [-0.1, -0.05) is 111 Å². The van der Waals surface area contributed by atoms with Gasteiger partial charge in [0.1, 0.15) is 41.6 Å². The van der Waals surface area contributed by atoms with Crippen molar-refractivity contribution in [3.8, 4) is 0 Å². The number of benzene rings is 1. The second-order valence-electron chi connectivity index (χ2n) is 19.0. The van der Waals surface area contributed by atoms with Crippen LogP contribution >= 0.6 is 23.1 Å². The summed E-state index contributed by atoms with van der Waals surface area (Å²) in [5.74, 6) is -2.86. The molecule has 1 fully saturated rings.